The van der Waals surface area contributed by atoms with Crippen LogP contribution < -0.4 is 11.1 Å². The standard InChI is InChI=1S/C12H14N4O2/c1-8-2-3-9(10(13)6-8)12(17)14-5-4-11-15-7-16-18-11/h2-3,6-7H,4-5,13H2,1H3,(H,14,17). The second-order valence-electron chi connectivity index (χ2n) is 3.93. The van der Waals surface area contributed by atoms with Crippen LogP contribution in [-0.2, 0) is 6.42 Å². The number of nitrogens with two attached hydrogens (primary N) is 1. The van der Waals surface area contributed by atoms with Crippen molar-refractivity contribution in [2.75, 3.05) is 12.3 Å². The number of anilines is 1. The van der Waals surface area contributed by atoms with E-state index in [2.05, 4.69) is 15.5 Å². The van der Waals surface area contributed by atoms with Gasteiger partial charge in [0.25, 0.3) is 5.91 Å². The summed E-state index contributed by atoms with van der Waals surface area (Å²) in [6, 6.07) is 5.34. The highest BCUT2D eigenvalue weighted by Gasteiger charge is 2.09. The number of aromatic nitrogens is 2. The number of nitrogen functional groups attached to an aromatic ring is 1. The maximum absolute atomic E-state index is 11.8. The Bertz CT molecular complexity index is 537. The number of hydrogen-bond donors (Lipinski definition) is 2. The number of amides is 1. The first kappa shape index (κ1) is 12.1. The first-order chi connectivity index (χ1) is 8.66. The number of carbonyl (C=O) groups is 1. The van der Waals surface area contributed by atoms with Gasteiger partial charge in [-0.3, -0.25) is 4.79 Å². The molecule has 0 saturated heterocycles. The number of rotatable bonds is 4. The predicted octanol–water partition coefficient (Wildman–Crippen LogP) is 0.933. The van der Waals surface area contributed by atoms with Gasteiger partial charge in [0.05, 0.1) is 5.56 Å². The van der Waals surface area contributed by atoms with Crippen LogP contribution in [0.5, 0.6) is 0 Å². The molecule has 0 saturated carbocycles. The molecular formula is C12H14N4O2. The third-order valence-corrected chi connectivity index (χ3v) is 2.48. The minimum atomic E-state index is -0.202. The van der Waals surface area contributed by atoms with E-state index in [1.54, 1.807) is 12.1 Å². The lowest BCUT2D eigenvalue weighted by molar-refractivity contribution is 0.0954. The molecule has 1 aromatic heterocycles. The van der Waals surface area contributed by atoms with E-state index in [0.29, 0.717) is 30.1 Å². The van der Waals surface area contributed by atoms with Gasteiger partial charge in [-0.15, -0.1) is 0 Å². The SMILES string of the molecule is Cc1ccc(C(=O)NCCc2ncno2)c(N)c1. The van der Waals surface area contributed by atoms with Gasteiger partial charge >= 0.3 is 0 Å². The first-order valence-corrected chi connectivity index (χ1v) is 5.56. The summed E-state index contributed by atoms with van der Waals surface area (Å²) in [7, 11) is 0. The maximum atomic E-state index is 11.8. The fourth-order valence-corrected chi connectivity index (χ4v) is 1.57. The molecule has 6 nitrogen and oxygen atoms in total. The van der Waals surface area contributed by atoms with Crippen molar-refractivity contribution in [3.63, 3.8) is 0 Å². The number of nitrogens with one attached hydrogen (secondary N) is 1. The van der Waals surface area contributed by atoms with Gasteiger partial charge in [0.1, 0.15) is 0 Å². The van der Waals surface area contributed by atoms with Crippen LogP contribution in [0.2, 0.25) is 0 Å². The van der Waals surface area contributed by atoms with Gasteiger partial charge in [-0.2, -0.15) is 4.98 Å². The van der Waals surface area contributed by atoms with Crippen LogP contribution in [0.3, 0.4) is 0 Å². The van der Waals surface area contributed by atoms with Gasteiger partial charge in [-0.1, -0.05) is 11.2 Å². The molecule has 2 rings (SSSR count). The summed E-state index contributed by atoms with van der Waals surface area (Å²) in [6.07, 6.45) is 1.83. The van der Waals surface area contributed by atoms with Gasteiger partial charge in [0, 0.05) is 18.7 Å². The molecule has 0 spiro atoms. The van der Waals surface area contributed by atoms with Crippen LogP contribution in [0.1, 0.15) is 21.8 Å². The maximum Gasteiger partial charge on any atom is 0.253 e. The quantitative estimate of drug-likeness (QED) is 0.783. The number of benzene rings is 1. The Kier molecular flexibility index (Phi) is 3.57. The van der Waals surface area contributed by atoms with E-state index in [1.165, 1.54) is 6.33 Å². The second-order valence-corrected chi connectivity index (χ2v) is 3.93. The number of nitrogens with zero attached hydrogens (tertiary/aromatic N) is 2. The second kappa shape index (κ2) is 5.31. The fraction of sp³-hybridized carbons (Fsp3) is 0.250. The highest BCUT2D eigenvalue weighted by Crippen LogP contribution is 2.13. The Morgan fingerprint density at radius 2 is 2.33 bits per heavy atom. The largest absolute Gasteiger partial charge is 0.398 e. The monoisotopic (exact) mass is 246 g/mol. The summed E-state index contributed by atoms with van der Waals surface area (Å²) in [5.74, 6) is 0.291. The van der Waals surface area contributed by atoms with Crippen LogP contribution in [0.25, 0.3) is 0 Å². The Balaban J connectivity index is 1.91. The zero-order chi connectivity index (χ0) is 13.0. The highest BCUT2D eigenvalue weighted by molar-refractivity contribution is 5.99. The lowest BCUT2D eigenvalue weighted by Gasteiger charge is -2.07. The van der Waals surface area contributed by atoms with Crippen molar-refractivity contribution in [3.8, 4) is 0 Å². The minimum absolute atomic E-state index is 0.202. The van der Waals surface area contributed by atoms with E-state index in [1.807, 2.05) is 13.0 Å². The molecule has 0 bridgehead atoms. The molecule has 0 aliphatic carbocycles. The first-order valence-electron chi connectivity index (χ1n) is 5.56. The summed E-state index contributed by atoms with van der Waals surface area (Å²) < 4.78 is 4.82. The molecule has 2 aromatic rings. The molecule has 0 atom stereocenters. The molecule has 94 valence electrons. The summed E-state index contributed by atoms with van der Waals surface area (Å²) >= 11 is 0. The third kappa shape index (κ3) is 2.85. The van der Waals surface area contributed by atoms with Crippen LogP contribution in [0.15, 0.2) is 29.0 Å². The normalized spacial score (nSPS) is 10.3. The Morgan fingerprint density at radius 1 is 1.50 bits per heavy atom. The number of aryl methyl sites for hydroxylation is 1. The number of hydrogen-bond acceptors (Lipinski definition) is 5. The van der Waals surface area contributed by atoms with E-state index >= 15 is 0 Å². The molecule has 1 amide bonds. The summed E-state index contributed by atoms with van der Waals surface area (Å²) in [6.45, 7) is 2.35. The zero-order valence-corrected chi connectivity index (χ0v) is 10.0. The fourth-order valence-electron chi connectivity index (χ4n) is 1.57. The molecule has 0 unspecified atom stereocenters. The molecule has 0 radical (unpaired) electrons. The molecule has 1 aromatic carbocycles. The van der Waals surface area contributed by atoms with Gasteiger partial charge in [0.15, 0.2) is 6.33 Å². The molecular weight excluding hydrogens is 232 g/mol. The molecule has 1 heterocycles. The van der Waals surface area contributed by atoms with E-state index in [4.69, 9.17) is 10.3 Å². The average molecular weight is 246 g/mol. The Hall–Kier alpha value is -2.37. The summed E-state index contributed by atoms with van der Waals surface area (Å²) in [5.41, 5.74) is 7.77. The molecule has 0 fully saturated rings. The lowest BCUT2D eigenvalue weighted by Crippen LogP contribution is -2.26. The van der Waals surface area contributed by atoms with Crippen molar-refractivity contribution in [2.24, 2.45) is 0 Å². The number of carbonyl (C=O) groups excluding carboxylic acids is 1. The summed E-state index contributed by atoms with van der Waals surface area (Å²) in [5, 5.41) is 6.23. The topological polar surface area (TPSA) is 94.0 Å². The van der Waals surface area contributed by atoms with Gasteiger partial charge in [-0.05, 0) is 24.6 Å². The molecule has 0 aliphatic heterocycles. The molecule has 0 aliphatic rings. The van der Waals surface area contributed by atoms with Crippen molar-refractivity contribution in [2.45, 2.75) is 13.3 Å². The van der Waals surface area contributed by atoms with Crippen molar-refractivity contribution in [1.29, 1.82) is 0 Å². The van der Waals surface area contributed by atoms with Crippen LogP contribution in [0, 0.1) is 6.92 Å². The van der Waals surface area contributed by atoms with Crippen LogP contribution in [-0.4, -0.2) is 22.6 Å². The van der Waals surface area contributed by atoms with Crippen molar-refractivity contribution in [1.82, 2.24) is 15.5 Å². The predicted molar refractivity (Wildman–Crippen MR) is 65.9 cm³/mol. The van der Waals surface area contributed by atoms with Gasteiger partial charge < -0.3 is 15.6 Å². The minimum Gasteiger partial charge on any atom is -0.398 e. The smallest absolute Gasteiger partial charge is 0.253 e. The van der Waals surface area contributed by atoms with Gasteiger partial charge in [-0.25, -0.2) is 0 Å². The molecule has 18 heavy (non-hydrogen) atoms. The van der Waals surface area contributed by atoms with E-state index in [-0.39, 0.29) is 5.91 Å². The van der Waals surface area contributed by atoms with Gasteiger partial charge in [0.2, 0.25) is 5.89 Å². The van der Waals surface area contributed by atoms with E-state index in [0.717, 1.165) is 5.56 Å². The zero-order valence-electron chi connectivity index (χ0n) is 10.0. The van der Waals surface area contributed by atoms with E-state index < -0.39 is 0 Å². The Labute approximate surface area is 104 Å². The van der Waals surface area contributed by atoms with Crippen molar-refractivity contribution in [3.05, 3.63) is 41.5 Å². The van der Waals surface area contributed by atoms with E-state index in [9.17, 15) is 4.79 Å². The lowest BCUT2D eigenvalue weighted by atomic mass is 10.1. The van der Waals surface area contributed by atoms with Crippen molar-refractivity contribution >= 4 is 11.6 Å². The molecule has 3 N–H and O–H groups in total. The van der Waals surface area contributed by atoms with Crippen LogP contribution in [0.4, 0.5) is 5.69 Å². The Morgan fingerprint density at radius 3 is 3.00 bits per heavy atom. The molecule has 6 heteroatoms. The summed E-state index contributed by atoms with van der Waals surface area (Å²) in [4.78, 5) is 15.7. The highest BCUT2D eigenvalue weighted by atomic mass is 16.5. The van der Waals surface area contributed by atoms with Crippen LogP contribution >= 0.6 is 0 Å². The average Bonchev–Trinajstić information content (AvgIpc) is 2.81. The third-order valence-electron chi connectivity index (χ3n) is 2.48. The van der Waals surface area contributed by atoms with Crippen molar-refractivity contribution < 1.29 is 9.32 Å².